The zero-order valence-electron chi connectivity index (χ0n) is 14.4. The van der Waals surface area contributed by atoms with Crippen LogP contribution in [0.15, 0.2) is 36.4 Å². The Morgan fingerprint density at radius 3 is 1.25 bits per heavy atom. The first kappa shape index (κ1) is 21.3. The summed E-state index contributed by atoms with van der Waals surface area (Å²) < 4.78 is 89.5. The van der Waals surface area contributed by atoms with Crippen LogP contribution >= 0.6 is 0 Å². The summed E-state index contributed by atoms with van der Waals surface area (Å²) in [6, 6.07) is 4.16. The highest BCUT2D eigenvalue weighted by Gasteiger charge is 2.39. The van der Waals surface area contributed by atoms with E-state index in [4.69, 9.17) is 0 Å². The van der Waals surface area contributed by atoms with Gasteiger partial charge in [0.25, 0.3) is 0 Å². The van der Waals surface area contributed by atoms with Crippen molar-refractivity contribution in [1.82, 2.24) is 0 Å². The summed E-state index contributed by atoms with van der Waals surface area (Å²) in [7, 11) is 1.91. The van der Waals surface area contributed by atoms with Gasteiger partial charge in [0.1, 0.15) is 0 Å². The predicted molar refractivity (Wildman–Crippen MR) is 84.6 cm³/mol. The number of carbonyl (C=O) groups is 2. The van der Waals surface area contributed by atoms with Gasteiger partial charge in [0.2, 0.25) is 0 Å². The van der Waals surface area contributed by atoms with Crippen LogP contribution in [0.1, 0.15) is 31.8 Å². The minimum absolute atomic E-state index is 0.412. The van der Waals surface area contributed by atoms with Gasteiger partial charge in [-0.05, 0) is 35.4 Å². The number of halogens is 6. The third-order valence-electron chi connectivity index (χ3n) is 3.78. The van der Waals surface area contributed by atoms with Crippen LogP contribution in [-0.4, -0.2) is 26.2 Å². The van der Waals surface area contributed by atoms with E-state index in [0.717, 1.165) is 38.5 Å². The second kappa shape index (κ2) is 7.53. The lowest BCUT2D eigenvalue weighted by Gasteiger charge is -2.19. The van der Waals surface area contributed by atoms with Crippen molar-refractivity contribution in [3.63, 3.8) is 0 Å². The van der Waals surface area contributed by atoms with Crippen LogP contribution in [0, 0.1) is 0 Å². The number of alkyl halides is 6. The van der Waals surface area contributed by atoms with Crippen molar-refractivity contribution in [2.24, 2.45) is 0 Å². The van der Waals surface area contributed by atoms with Gasteiger partial charge >= 0.3 is 24.3 Å². The molecule has 0 aliphatic rings. The van der Waals surface area contributed by atoms with Crippen molar-refractivity contribution in [2.45, 2.75) is 12.4 Å². The maximum absolute atomic E-state index is 13.5. The first-order chi connectivity index (χ1) is 12.9. The quantitative estimate of drug-likeness (QED) is 0.534. The topological polar surface area (TPSA) is 52.6 Å². The van der Waals surface area contributed by atoms with Gasteiger partial charge in [-0.3, -0.25) is 0 Å². The molecule has 0 fully saturated rings. The van der Waals surface area contributed by atoms with Crippen LogP contribution in [0.3, 0.4) is 0 Å². The largest absolute Gasteiger partial charge is 0.465 e. The molecule has 28 heavy (non-hydrogen) atoms. The molecule has 0 aliphatic carbocycles. The minimum Gasteiger partial charge on any atom is -0.465 e. The van der Waals surface area contributed by atoms with Crippen LogP contribution in [0.25, 0.3) is 11.1 Å². The van der Waals surface area contributed by atoms with E-state index in [0.29, 0.717) is 12.1 Å². The van der Waals surface area contributed by atoms with Crippen molar-refractivity contribution < 1.29 is 45.4 Å². The summed E-state index contributed by atoms with van der Waals surface area (Å²) in [5, 5.41) is 0. The molecule has 0 atom stereocenters. The third-order valence-corrected chi connectivity index (χ3v) is 3.78. The summed E-state index contributed by atoms with van der Waals surface area (Å²) in [5.41, 5.74) is -5.46. The molecule has 0 bridgehead atoms. The van der Waals surface area contributed by atoms with Crippen molar-refractivity contribution in [2.75, 3.05) is 14.2 Å². The molecule has 0 saturated carbocycles. The summed E-state index contributed by atoms with van der Waals surface area (Å²) in [5.74, 6) is -2.15. The highest BCUT2D eigenvalue weighted by Crippen LogP contribution is 2.43. The molecule has 0 N–H and O–H groups in total. The minimum atomic E-state index is -5.05. The van der Waals surface area contributed by atoms with E-state index >= 15 is 0 Å². The lowest BCUT2D eigenvalue weighted by Crippen LogP contribution is -2.14. The lowest BCUT2D eigenvalue weighted by atomic mass is 9.92. The average Bonchev–Trinajstić information content (AvgIpc) is 2.64. The van der Waals surface area contributed by atoms with Gasteiger partial charge in [-0.25, -0.2) is 9.59 Å². The zero-order chi connectivity index (χ0) is 21.3. The first-order valence-electron chi connectivity index (χ1n) is 7.49. The second-order valence-electron chi connectivity index (χ2n) is 5.50. The van der Waals surface area contributed by atoms with E-state index in [1.54, 1.807) is 0 Å². The Labute approximate surface area is 154 Å². The average molecular weight is 406 g/mol. The number of benzene rings is 2. The molecule has 10 heteroatoms. The standard InChI is InChI=1S/C18H12F6O4/c1-27-15(25)9-3-5-11(13(7-9)17(19,20)21)12-6-4-10(16(26)28-2)8-14(12)18(22,23)24/h3-8H,1-2H3. The second-order valence-corrected chi connectivity index (χ2v) is 5.50. The van der Waals surface area contributed by atoms with Gasteiger partial charge in [0.05, 0.1) is 36.5 Å². The molecule has 0 amide bonds. The Morgan fingerprint density at radius 2 is 1.00 bits per heavy atom. The molecular weight excluding hydrogens is 394 g/mol. The molecule has 0 radical (unpaired) electrons. The Morgan fingerprint density at radius 1 is 0.679 bits per heavy atom. The maximum atomic E-state index is 13.5. The van der Waals surface area contributed by atoms with Crippen LogP contribution in [0.2, 0.25) is 0 Å². The first-order valence-corrected chi connectivity index (χ1v) is 7.49. The number of methoxy groups -OCH3 is 2. The highest BCUT2D eigenvalue weighted by molar-refractivity contribution is 5.92. The van der Waals surface area contributed by atoms with E-state index in [1.165, 1.54) is 0 Å². The molecule has 4 nitrogen and oxygen atoms in total. The smallest absolute Gasteiger partial charge is 0.417 e. The Balaban J connectivity index is 2.79. The summed E-state index contributed by atoms with van der Waals surface area (Å²) >= 11 is 0. The van der Waals surface area contributed by atoms with E-state index in [9.17, 15) is 35.9 Å². The summed E-state index contributed by atoms with van der Waals surface area (Å²) in [6.07, 6.45) is -10.1. The van der Waals surface area contributed by atoms with Gasteiger partial charge in [-0.2, -0.15) is 26.3 Å². The predicted octanol–water partition coefficient (Wildman–Crippen LogP) is 4.96. The van der Waals surface area contributed by atoms with Crippen molar-refractivity contribution in [3.05, 3.63) is 58.7 Å². The van der Waals surface area contributed by atoms with Crippen LogP contribution in [0.5, 0.6) is 0 Å². The fourth-order valence-corrected chi connectivity index (χ4v) is 2.52. The van der Waals surface area contributed by atoms with E-state index in [1.807, 2.05) is 0 Å². The van der Waals surface area contributed by atoms with Gasteiger partial charge in [0.15, 0.2) is 0 Å². The van der Waals surface area contributed by atoms with E-state index in [-0.39, 0.29) is 0 Å². The van der Waals surface area contributed by atoms with Gasteiger partial charge in [-0.15, -0.1) is 0 Å². The number of rotatable bonds is 3. The van der Waals surface area contributed by atoms with E-state index in [2.05, 4.69) is 9.47 Å². The molecule has 2 rings (SSSR count). The fourth-order valence-electron chi connectivity index (χ4n) is 2.52. The van der Waals surface area contributed by atoms with Gasteiger partial charge in [0, 0.05) is 0 Å². The Kier molecular flexibility index (Phi) is 5.72. The number of carbonyl (C=O) groups excluding carboxylic acids is 2. The van der Waals surface area contributed by atoms with Crippen LogP contribution in [0.4, 0.5) is 26.3 Å². The van der Waals surface area contributed by atoms with Crippen molar-refractivity contribution in [3.8, 4) is 11.1 Å². The third kappa shape index (κ3) is 4.26. The van der Waals surface area contributed by atoms with Gasteiger partial charge in [-0.1, -0.05) is 12.1 Å². The molecule has 150 valence electrons. The normalized spacial score (nSPS) is 11.9. The van der Waals surface area contributed by atoms with Crippen molar-refractivity contribution >= 4 is 11.9 Å². The molecule has 2 aromatic carbocycles. The molecule has 0 saturated heterocycles. The fraction of sp³-hybridized carbons (Fsp3) is 0.222. The van der Waals surface area contributed by atoms with E-state index < -0.39 is 57.7 Å². The number of hydrogen-bond acceptors (Lipinski definition) is 4. The van der Waals surface area contributed by atoms with Crippen LogP contribution in [-0.2, 0) is 21.8 Å². The Bertz CT molecular complexity index is 840. The SMILES string of the molecule is COC(=O)c1ccc(-c2ccc(C(=O)OC)cc2C(F)(F)F)c(C(F)(F)F)c1. The summed E-state index contributed by atoms with van der Waals surface area (Å²) in [6.45, 7) is 0. The summed E-state index contributed by atoms with van der Waals surface area (Å²) in [4.78, 5) is 23.0. The zero-order valence-corrected chi connectivity index (χ0v) is 14.4. The maximum Gasteiger partial charge on any atom is 0.417 e. The highest BCUT2D eigenvalue weighted by atomic mass is 19.4. The van der Waals surface area contributed by atoms with Crippen molar-refractivity contribution in [1.29, 1.82) is 0 Å². The number of esters is 2. The molecule has 0 unspecified atom stereocenters. The lowest BCUT2D eigenvalue weighted by molar-refractivity contribution is -0.139. The molecular formula is C18H12F6O4. The Hall–Kier alpha value is -3.04. The molecule has 0 aromatic heterocycles. The van der Waals surface area contributed by atoms with Gasteiger partial charge < -0.3 is 9.47 Å². The molecule has 0 aliphatic heterocycles. The monoisotopic (exact) mass is 406 g/mol. The number of hydrogen-bond donors (Lipinski definition) is 0. The van der Waals surface area contributed by atoms with Crippen LogP contribution < -0.4 is 0 Å². The molecule has 2 aromatic rings. The molecule has 0 spiro atoms. The molecule has 0 heterocycles. The number of ether oxygens (including phenoxy) is 2.